The molecule has 0 saturated carbocycles. The van der Waals surface area contributed by atoms with Crippen molar-refractivity contribution in [2.75, 3.05) is 33.3 Å². The average Bonchev–Trinajstić information content (AvgIpc) is 2.24. The molecule has 1 rings (SSSR count). The highest BCUT2D eigenvalue weighted by atomic mass is 16.5. The Bertz CT molecular complexity index is 184. The van der Waals surface area contributed by atoms with Gasteiger partial charge in [-0.2, -0.15) is 0 Å². The zero-order chi connectivity index (χ0) is 11.1. The Morgan fingerprint density at radius 3 is 3.07 bits per heavy atom. The highest BCUT2D eigenvalue weighted by molar-refractivity contribution is 4.84. The predicted octanol–water partition coefficient (Wildman–Crippen LogP) is 1.26. The van der Waals surface area contributed by atoms with Crippen LogP contribution in [0.1, 0.15) is 19.8 Å². The summed E-state index contributed by atoms with van der Waals surface area (Å²) < 4.78 is 5.82. The first-order chi connectivity index (χ1) is 7.27. The molecule has 3 nitrogen and oxygen atoms in total. The third-order valence-electron chi connectivity index (χ3n) is 2.89. The van der Waals surface area contributed by atoms with Crippen LogP contribution < -0.4 is 5.32 Å². The van der Waals surface area contributed by atoms with Gasteiger partial charge in [0.15, 0.2) is 0 Å². The lowest BCUT2D eigenvalue weighted by molar-refractivity contribution is -0.0394. The SMILES string of the molecule is C=CCCC(NCC)C1CN(C)CCO1. The molecule has 0 amide bonds. The van der Waals surface area contributed by atoms with Gasteiger partial charge in [-0.25, -0.2) is 0 Å². The Morgan fingerprint density at radius 2 is 2.47 bits per heavy atom. The first kappa shape index (κ1) is 12.7. The summed E-state index contributed by atoms with van der Waals surface area (Å²) in [5.74, 6) is 0. The highest BCUT2D eigenvalue weighted by Gasteiger charge is 2.25. The summed E-state index contributed by atoms with van der Waals surface area (Å²) in [6.45, 7) is 9.87. The van der Waals surface area contributed by atoms with E-state index in [0.717, 1.165) is 39.1 Å². The second-order valence-corrected chi connectivity index (χ2v) is 4.20. The molecular weight excluding hydrogens is 188 g/mol. The van der Waals surface area contributed by atoms with Crippen LogP contribution in [0.5, 0.6) is 0 Å². The number of ether oxygens (including phenoxy) is 1. The number of likely N-dealkylation sites (N-methyl/N-ethyl adjacent to an activating group) is 2. The number of rotatable bonds is 6. The van der Waals surface area contributed by atoms with E-state index in [0.29, 0.717) is 12.1 Å². The van der Waals surface area contributed by atoms with Crippen molar-refractivity contribution in [3.63, 3.8) is 0 Å². The fourth-order valence-electron chi connectivity index (χ4n) is 2.03. The Morgan fingerprint density at radius 1 is 1.67 bits per heavy atom. The summed E-state index contributed by atoms with van der Waals surface area (Å²) in [6.07, 6.45) is 4.50. The third-order valence-corrected chi connectivity index (χ3v) is 2.89. The van der Waals surface area contributed by atoms with Gasteiger partial charge in [-0.15, -0.1) is 6.58 Å². The van der Waals surface area contributed by atoms with Gasteiger partial charge in [-0.3, -0.25) is 0 Å². The topological polar surface area (TPSA) is 24.5 Å². The molecule has 3 heteroatoms. The molecule has 0 aromatic rings. The van der Waals surface area contributed by atoms with Crippen molar-refractivity contribution in [1.82, 2.24) is 10.2 Å². The van der Waals surface area contributed by atoms with Crippen LogP contribution in [0.2, 0.25) is 0 Å². The van der Waals surface area contributed by atoms with Gasteiger partial charge >= 0.3 is 0 Å². The van der Waals surface area contributed by atoms with Gasteiger partial charge in [0.1, 0.15) is 0 Å². The second-order valence-electron chi connectivity index (χ2n) is 4.20. The maximum Gasteiger partial charge on any atom is 0.0855 e. The Balaban J connectivity index is 2.41. The van der Waals surface area contributed by atoms with E-state index in [1.807, 2.05) is 6.08 Å². The fraction of sp³-hybridized carbons (Fsp3) is 0.833. The van der Waals surface area contributed by atoms with Crippen LogP contribution in [0.3, 0.4) is 0 Å². The van der Waals surface area contributed by atoms with Crippen molar-refractivity contribution in [3.8, 4) is 0 Å². The summed E-state index contributed by atoms with van der Waals surface area (Å²) in [5, 5.41) is 3.51. The van der Waals surface area contributed by atoms with E-state index >= 15 is 0 Å². The van der Waals surface area contributed by atoms with Gasteiger partial charge in [0.05, 0.1) is 12.7 Å². The van der Waals surface area contributed by atoms with E-state index in [4.69, 9.17) is 4.74 Å². The molecule has 1 N–H and O–H groups in total. The minimum atomic E-state index is 0.337. The molecule has 1 saturated heterocycles. The van der Waals surface area contributed by atoms with Crippen LogP contribution in [0.15, 0.2) is 12.7 Å². The summed E-state index contributed by atoms with van der Waals surface area (Å²) >= 11 is 0. The number of nitrogens with one attached hydrogen (secondary N) is 1. The zero-order valence-electron chi connectivity index (χ0n) is 10.0. The van der Waals surface area contributed by atoms with Crippen LogP contribution in [-0.2, 0) is 4.74 Å². The number of morpholine rings is 1. The van der Waals surface area contributed by atoms with Gasteiger partial charge < -0.3 is 15.0 Å². The Labute approximate surface area is 93.5 Å². The predicted molar refractivity (Wildman–Crippen MR) is 64.1 cm³/mol. The monoisotopic (exact) mass is 212 g/mol. The minimum Gasteiger partial charge on any atom is -0.374 e. The van der Waals surface area contributed by atoms with Crippen molar-refractivity contribution in [3.05, 3.63) is 12.7 Å². The molecule has 15 heavy (non-hydrogen) atoms. The molecule has 1 aliphatic rings. The summed E-state index contributed by atoms with van der Waals surface area (Å²) in [7, 11) is 2.16. The second kappa shape index (κ2) is 6.99. The van der Waals surface area contributed by atoms with Crippen molar-refractivity contribution in [1.29, 1.82) is 0 Å². The number of allylic oxidation sites excluding steroid dienone is 1. The molecular formula is C12H24N2O. The molecule has 0 radical (unpaired) electrons. The van der Waals surface area contributed by atoms with Crippen molar-refractivity contribution in [2.45, 2.75) is 31.9 Å². The van der Waals surface area contributed by atoms with Gasteiger partial charge in [0.25, 0.3) is 0 Å². The number of hydrogen-bond donors (Lipinski definition) is 1. The molecule has 2 atom stereocenters. The van der Waals surface area contributed by atoms with Crippen LogP contribution in [-0.4, -0.2) is 50.3 Å². The quantitative estimate of drug-likeness (QED) is 0.671. The molecule has 0 aromatic carbocycles. The van der Waals surface area contributed by atoms with Gasteiger partial charge in [0, 0.05) is 19.1 Å². The van der Waals surface area contributed by atoms with Crippen molar-refractivity contribution < 1.29 is 4.74 Å². The summed E-state index contributed by atoms with van der Waals surface area (Å²) in [6, 6.07) is 0.468. The van der Waals surface area contributed by atoms with Crippen LogP contribution >= 0.6 is 0 Å². The molecule has 1 fully saturated rings. The molecule has 1 heterocycles. The lowest BCUT2D eigenvalue weighted by atomic mass is 10.0. The normalized spacial score (nSPS) is 25.1. The maximum absolute atomic E-state index is 5.82. The smallest absolute Gasteiger partial charge is 0.0855 e. The standard InChI is InChI=1S/C12H24N2O/c1-4-6-7-11(13-5-2)12-10-14(3)8-9-15-12/h4,11-13H,1,5-10H2,2-3H3. The average molecular weight is 212 g/mol. The van der Waals surface area contributed by atoms with E-state index in [9.17, 15) is 0 Å². The molecule has 0 bridgehead atoms. The van der Waals surface area contributed by atoms with Gasteiger partial charge in [0.2, 0.25) is 0 Å². The van der Waals surface area contributed by atoms with Crippen LogP contribution in [0.4, 0.5) is 0 Å². The maximum atomic E-state index is 5.82. The van der Waals surface area contributed by atoms with E-state index in [1.54, 1.807) is 0 Å². The van der Waals surface area contributed by atoms with Crippen LogP contribution in [0, 0.1) is 0 Å². The molecule has 1 aliphatic heterocycles. The van der Waals surface area contributed by atoms with Gasteiger partial charge in [-0.1, -0.05) is 13.0 Å². The van der Waals surface area contributed by atoms with Crippen molar-refractivity contribution in [2.24, 2.45) is 0 Å². The molecule has 2 unspecified atom stereocenters. The third kappa shape index (κ3) is 4.33. The Kier molecular flexibility index (Phi) is 5.91. The largest absolute Gasteiger partial charge is 0.374 e. The first-order valence-electron chi connectivity index (χ1n) is 5.92. The van der Waals surface area contributed by atoms with E-state index in [-0.39, 0.29) is 0 Å². The minimum absolute atomic E-state index is 0.337. The lowest BCUT2D eigenvalue weighted by Gasteiger charge is -2.35. The molecule has 0 aliphatic carbocycles. The van der Waals surface area contributed by atoms with Gasteiger partial charge in [-0.05, 0) is 26.4 Å². The molecule has 0 spiro atoms. The highest BCUT2D eigenvalue weighted by Crippen LogP contribution is 2.12. The number of nitrogens with zero attached hydrogens (tertiary/aromatic N) is 1. The molecule has 0 aromatic heterocycles. The lowest BCUT2D eigenvalue weighted by Crippen LogP contribution is -2.51. The molecule has 88 valence electrons. The van der Waals surface area contributed by atoms with Crippen molar-refractivity contribution >= 4 is 0 Å². The van der Waals surface area contributed by atoms with Crippen LogP contribution in [0.25, 0.3) is 0 Å². The van der Waals surface area contributed by atoms with E-state index in [2.05, 4.69) is 30.8 Å². The number of hydrogen-bond acceptors (Lipinski definition) is 3. The van der Waals surface area contributed by atoms with E-state index in [1.165, 1.54) is 0 Å². The first-order valence-corrected chi connectivity index (χ1v) is 5.92. The fourth-order valence-corrected chi connectivity index (χ4v) is 2.03. The summed E-state index contributed by atoms with van der Waals surface area (Å²) in [4.78, 5) is 2.34. The zero-order valence-corrected chi connectivity index (χ0v) is 10.0. The summed E-state index contributed by atoms with van der Waals surface area (Å²) in [5.41, 5.74) is 0. The van der Waals surface area contributed by atoms with E-state index < -0.39 is 0 Å². The Hall–Kier alpha value is -0.380.